The Morgan fingerprint density at radius 3 is 1.94 bits per heavy atom. The first-order valence-electron chi connectivity index (χ1n) is 4.12. The van der Waals surface area contributed by atoms with E-state index >= 15 is 0 Å². The van der Waals surface area contributed by atoms with E-state index in [-0.39, 0.29) is 11.4 Å². The lowest BCUT2D eigenvalue weighted by atomic mass is 10.3. The maximum atomic E-state index is 10.9. The molecule has 1 aromatic carbocycles. The van der Waals surface area contributed by atoms with Gasteiger partial charge in [-0.25, -0.2) is 4.57 Å². The number of hydrogen-bond donors (Lipinski definition) is 6. The van der Waals surface area contributed by atoms with E-state index < -0.39 is 20.7 Å². The Balaban J connectivity index is 3.25. The minimum atomic E-state index is -5.09. The molecule has 0 aliphatic heterocycles. The normalized spacial score (nSPS) is 13.8. The summed E-state index contributed by atoms with van der Waals surface area (Å²) in [5.74, 6) is -0.0975. The van der Waals surface area contributed by atoms with E-state index in [2.05, 4.69) is 4.99 Å². The molecule has 0 radical (unpaired) electrons. The molecule has 0 aliphatic carbocycles. The van der Waals surface area contributed by atoms with Gasteiger partial charge in [-0.05, 0) is 24.3 Å². The molecule has 0 aromatic heterocycles. The van der Waals surface area contributed by atoms with Crippen molar-refractivity contribution in [1.82, 2.24) is 0 Å². The van der Waals surface area contributed by atoms with E-state index in [1.807, 2.05) is 0 Å². The molecular weight excluding hydrogens is 272 g/mol. The van der Waals surface area contributed by atoms with Gasteiger partial charge in [0.05, 0.1) is 5.69 Å². The van der Waals surface area contributed by atoms with Gasteiger partial charge in [0.15, 0.2) is 0 Å². The second kappa shape index (κ2) is 4.80. The highest BCUT2D eigenvalue weighted by Gasteiger charge is 2.51. The van der Waals surface area contributed by atoms with Gasteiger partial charge in [-0.2, -0.15) is 19.7 Å². The van der Waals surface area contributed by atoms with Gasteiger partial charge in [-0.3, -0.25) is 0 Å². The van der Waals surface area contributed by atoms with Gasteiger partial charge in [0.2, 0.25) is 0 Å². The number of nitrogens with zero attached hydrogens (tertiary/aromatic N) is 1. The molecule has 0 fully saturated rings. The lowest BCUT2D eigenvalue weighted by Crippen LogP contribution is -2.05. The van der Waals surface area contributed by atoms with Crippen LogP contribution in [0.2, 0.25) is 0 Å². The van der Waals surface area contributed by atoms with E-state index in [9.17, 15) is 4.57 Å². The fourth-order valence-corrected chi connectivity index (χ4v) is 2.84. The molecule has 1 aromatic rings. The molecule has 0 saturated carbocycles. The number of phenols is 1. The van der Waals surface area contributed by atoms with Crippen LogP contribution in [0.15, 0.2) is 29.3 Å². The largest absolute Gasteiger partial charge is 0.508 e. The number of benzene rings is 1. The molecule has 0 spiro atoms. The summed E-state index contributed by atoms with van der Waals surface area (Å²) in [5.41, 5.74) is -0.0531. The number of hydrogen-bond acceptors (Lipinski definition) is 6. The summed E-state index contributed by atoms with van der Waals surface area (Å²) in [5, 5.41) is 7.57. The van der Waals surface area contributed by atoms with Crippen molar-refractivity contribution in [1.29, 1.82) is 0 Å². The summed E-state index contributed by atoms with van der Waals surface area (Å²) in [6.45, 7) is 0. The molecule has 17 heavy (non-hydrogen) atoms. The Labute approximate surface area is 96.3 Å². The molecule has 0 amide bonds. The lowest BCUT2D eigenvalue weighted by molar-refractivity contribution is 0.349. The van der Waals surface area contributed by atoms with Crippen molar-refractivity contribution >= 4 is 26.4 Å². The van der Waals surface area contributed by atoms with Gasteiger partial charge in [-0.15, -0.1) is 0 Å². The smallest absolute Gasteiger partial charge is 0.469 e. The fourth-order valence-electron chi connectivity index (χ4n) is 0.950. The Morgan fingerprint density at radius 2 is 1.59 bits per heavy atom. The molecule has 0 heterocycles. The third kappa shape index (κ3) is 4.14. The summed E-state index contributed by atoms with van der Waals surface area (Å²) in [6, 6.07) is 4.73. The van der Waals surface area contributed by atoms with Gasteiger partial charge < -0.3 is 14.9 Å². The zero-order valence-electron chi connectivity index (χ0n) is 8.24. The van der Waals surface area contributed by atoms with Crippen LogP contribution in [0.3, 0.4) is 0 Å². The first-order valence-corrected chi connectivity index (χ1v) is 7.38. The highest BCUT2D eigenvalue weighted by atomic mass is 31.3. The summed E-state index contributed by atoms with van der Waals surface area (Å²) in [6.07, 6.45) is 0. The SMILES string of the molecule is O=P(O)(O)C(=Nc1ccc(O)cc1)[P+](O)(O)O. The summed E-state index contributed by atoms with van der Waals surface area (Å²) in [4.78, 5) is 47.5. The molecule has 1 rings (SSSR count). The maximum Gasteiger partial charge on any atom is 0.469 e. The number of phenolic OH excluding ortho intramolecular Hbond substituents is 1. The molecule has 0 saturated heterocycles. The van der Waals surface area contributed by atoms with Crippen LogP contribution in [0.25, 0.3) is 0 Å². The standard InChI is InChI=1S/C7H9NO7P2/c9-6-3-1-5(2-4-6)8-7(16(10,11)12)17(13,14)15/h1-4,10-12H,(H2-,9,13,14,15)/p+1. The zero-order chi connectivity index (χ0) is 13.3. The van der Waals surface area contributed by atoms with E-state index in [0.29, 0.717) is 0 Å². The molecule has 0 bridgehead atoms. The second-order valence-electron chi connectivity index (χ2n) is 3.04. The first-order chi connectivity index (χ1) is 7.60. The van der Waals surface area contributed by atoms with Crippen molar-refractivity contribution in [2.45, 2.75) is 0 Å². The molecule has 10 heteroatoms. The summed E-state index contributed by atoms with van der Waals surface area (Å²) >= 11 is 0. The first kappa shape index (κ1) is 14.2. The average Bonchev–Trinajstić information content (AvgIpc) is 2.13. The average molecular weight is 282 g/mol. The molecule has 8 nitrogen and oxygen atoms in total. The third-order valence-electron chi connectivity index (χ3n) is 1.61. The third-order valence-corrected chi connectivity index (χ3v) is 4.45. The van der Waals surface area contributed by atoms with Crippen LogP contribution in [-0.4, -0.2) is 34.8 Å². The van der Waals surface area contributed by atoms with Gasteiger partial charge >= 0.3 is 20.7 Å². The summed E-state index contributed by atoms with van der Waals surface area (Å²) < 4.78 is 10.9. The predicted molar refractivity (Wildman–Crippen MR) is 60.8 cm³/mol. The van der Waals surface area contributed by atoms with Crippen LogP contribution in [-0.2, 0) is 4.57 Å². The van der Waals surface area contributed by atoms with Crippen LogP contribution in [0.1, 0.15) is 0 Å². The van der Waals surface area contributed by atoms with Crippen LogP contribution >= 0.6 is 15.5 Å². The van der Waals surface area contributed by atoms with Crippen molar-refractivity contribution < 1.29 is 34.1 Å². The molecule has 94 valence electrons. The minimum Gasteiger partial charge on any atom is -0.508 e. The van der Waals surface area contributed by atoms with Crippen LogP contribution in [0.5, 0.6) is 5.75 Å². The molecule has 0 aliphatic rings. The van der Waals surface area contributed by atoms with Gasteiger partial charge in [0.25, 0.3) is 0 Å². The number of aromatic hydroxyl groups is 1. The maximum absolute atomic E-state index is 10.9. The van der Waals surface area contributed by atoms with Gasteiger partial charge in [0.1, 0.15) is 5.75 Å². The summed E-state index contributed by atoms with van der Waals surface area (Å²) in [7, 11) is -9.99. The Hall–Kier alpha value is -0.850. The predicted octanol–water partition coefficient (Wildman–Crippen LogP) is 0.297. The lowest BCUT2D eigenvalue weighted by Gasteiger charge is -2.07. The van der Waals surface area contributed by atoms with E-state index in [0.717, 1.165) is 0 Å². The van der Waals surface area contributed by atoms with Crippen molar-refractivity contribution in [3.8, 4) is 5.75 Å². The van der Waals surface area contributed by atoms with Crippen molar-refractivity contribution in [3.05, 3.63) is 24.3 Å². The molecular formula is C7H10NO7P2+. The minimum absolute atomic E-state index is 0.0531. The van der Waals surface area contributed by atoms with E-state index in [1.54, 1.807) is 0 Å². The second-order valence-corrected chi connectivity index (χ2v) is 6.47. The molecule has 0 atom stereocenters. The van der Waals surface area contributed by atoms with E-state index in [4.69, 9.17) is 29.6 Å². The highest BCUT2D eigenvalue weighted by Crippen LogP contribution is 2.61. The van der Waals surface area contributed by atoms with Gasteiger partial charge in [-0.1, -0.05) is 0 Å². The van der Waals surface area contributed by atoms with Gasteiger partial charge in [0, 0.05) is 0 Å². The highest BCUT2D eigenvalue weighted by molar-refractivity contribution is 8.00. The van der Waals surface area contributed by atoms with E-state index in [1.165, 1.54) is 24.3 Å². The molecule has 0 unspecified atom stereocenters. The number of rotatable bonds is 3. The topological polar surface area (TPSA) is 151 Å². The monoisotopic (exact) mass is 282 g/mol. The molecule has 6 N–H and O–H groups in total. The van der Waals surface area contributed by atoms with Crippen LogP contribution < -0.4 is 0 Å². The number of aliphatic imine (C=N–C) groups is 1. The Bertz CT molecular complexity index is 472. The van der Waals surface area contributed by atoms with Crippen molar-refractivity contribution in [2.75, 3.05) is 0 Å². The van der Waals surface area contributed by atoms with Crippen LogP contribution in [0.4, 0.5) is 5.69 Å². The Kier molecular flexibility index (Phi) is 4.01. The fraction of sp³-hybridized carbons (Fsp3) is 0. The Morgan fingerprint density at radius 1 is 1.12 bits per heavy atom. The van der Waals surface area contributed by atoms with Crippen LogP contribution in [0, 0.1) is 0 Å². The van der Waals surface area contributed by atoms with Crippen molar-refractivity contribution in [2.24, 2.45) is 4.99 Å². The zero-order valence-corrected chi connectivity index (χ0v) is 10.0. The quantitative estimate of drug-likeness (QED) is 0.344. The van der Waals surface area contributed by atoms with Crippen molar-refractivity contribution in [3.63, 3.8) is 0 Å².